The van der Waals surface area contributed by atoms with Gasteiger partial charge in [0, 0.05) is 5.56 Å². The fourth-order valence-corrected chi connectivity index (χ4v) is 1.19. The van der Waals surface area contributed by atoms with Gasteiger partial charge in [-0.1, -0.05) is 30.3 Å². The molecule has 0 aliphatic rings. The van der Waals surface area contributed by atoms with Gasteiger partial charge in [0.1, 0.15) is 5.76 Å². The molecule has 1 heteroatoms. The molecular weight excluding hydrogens is 148 g/mol. The third-order valence-electron chi connectivity index (χ3n) is 1.79. The molecule has 0 unspecified atom stereocenters. The van der Waals surface area contributed by atoms with E-state index in [4.69, 9.17) is 4.42 Å². The van der Waals surface area contributed by atoms with Crippen LogP contribution in [0.3, 0.4) is 0 Å². The molecule has 0 spiro atoms. The van der Waals surface area contributed by atoms with E-state index in [2.05, 4.69) is 0 Å². The minimum absolute atomic E-state index is 0.938. The lowest BCUT2D eigenvalue weighted by atomic mass is 10.2. The minimum atomic E-state index is 0.938. The average molecular weight is 158 g/mol. The van der Waals surface area contributed by atoms with Crippen LogP contribution in [-0.2, 0) is 0 Å². The van der Waals surface area contributed by atoms with Crippen LogP contribution in [0.25, 0.3) is 11.3 Å². The first kappa shape index (κ1) is 7.17. The normalized spacial score (nSPS) is 10.1. The van der Waals surface area contributed by atoms with Crippen molar-refractivity contribution in [3.63, 3.8) is 0 Å². The summed E-state index contributed by atoms with van der Waals surface area (Å²) in [4.78, 5) is 0. The summed E-state index contributed by atoms with van der Waals surface area (Å²) in [5.41, 5.74) is 2.29. The van der Waals surface area contributed by atoms with Crippen molar-refractivity contribution >= 4 is 0 Å². The molecule has 2 aromatic rings. The van der Waals surface area contributed by atoms with Gasteiger partial charge in [-0.2, -0.15) is 0 Å². The van der Waals surface area contributed by atoms with Crippen LogP contribution < -0.4 is 0 Å². The fraction of sp³-hybridized carbons (Fsp3) is 0.0909. The number of rotatable bonds is 1. The van der Waals surface area contributed by atoms with E-state index in [-0.39, 0.29) is 0 Å². The highest BCUT2D eigenvalue weighted by Gasteiger charge is 1.99. The summed E-state index contributed by atoms with van der Waals surface area (Å²) in [5, 5.41) is 0. The van der Waals surface area contributed by atoms with Gasteiger partial charge in [0.2, 0.25) is 0 Å². The Balaban J connectivity index is 2.45. The monoisotopic (exact) mass is 158 g/mol. The molecule has 12 heavy (non-hydrogen) atoms. The molecule has 0 bridgehead atoms. The predicted molar refractivity (Wildman–Crippen MR) is 48.9 cm³/mol. The molecule has 0 fully saturated rings. The summed E-state index contributed by atoms with van der Waals surface area (Å²) in [5.74, 6) is 0.938. The van der Waals surface area contributed by atoms with Crippen LogP contribution in [0.2, 0.25) is 0 Å². The Morgan fingerprint density at radius 3 is 2.42 bits per heavy atom. The Labute approximate surface area is 71.6 Å². The van der Waals surface area contributed by atoms with Gasteiger partial charge < -0.3 is 4.42 Å². The molecule has 0 radical (unpaired) electrons. The number of hydrogen-bond acceptors (Lipinski definition) is 1. The first-order valence-corrected chi connectivity index (χ1v) is 3.97. The molecule has 60 valence electrons. The van der Waals surface area contributed by atoms with Crippen molar-refractivity contribution in [3.05, 3.63) is 48.2 Å². The zero-order chi connectivity index (χ0) is 8.39. The van der Waals surface area contributed by atoms with Crippen LogP contribution in [0.5, 0.6) is 0 Å². The largest absolute Gasteiger partial charge is 0.464 e. The molecule has 1 nitrogen and oxygen atoms in total. The van der Waals surface area contributed by atoms with Gasteiger partial charge in [0.15, 0.2) is 0 Å². The SMILES string of the molecule is Cc1coc(-c2ccccc2)c1. The summed E-state index contributed by atoms with van der Waals surface area (Å²) in [6.45, 7) is 2.02. The molecule has 1 aromatic heterocycles. The summed E-state index contributed by atoms with van der Waals surface area (Å²) < 4.78 is 5.35. The lowest BCUT2D eigenvalue weighted by Gasteiger charge is -1.92. The smallest absolute Gasteiger partial charge is 0.134 e. The highest BCUT2D eigenvalue weighted by molar-refractivity contribution is 5.57. The van der Waals surface area contributed by atoms with E-state index in [1.807, 2.05) is 43.3 Å². The van der Waals surface area contributed by atoms with Gasteiger partial charge in [0.05, 0.1) is 6.26 Å². The van der Waals surface area contributed by atoms with Crippen LogP contribution in [0.15, 0.2) is 47.1 Å². The van der Waals surface area contributed by atoms with Crippen molar-refractivity contribution in [2.45, 2.75) is 6.92 Å². The van der Waals surface area contributed by atoms with Crippen molar-refractivity contribution in [2.24, 2.45) is 0 Å². The third-order valence-corrected chi connectivity index (χ3v) is 1.79. The molecule has 0 saturated carbocycles. The van der Waals surface area contributed by atoms with Crippen LogP contribution in [0, 0.1) is 6.92 Å². The maximum atomic E-state index is 5.35. The molecule has 0 aliphatic heterocycles. The van der Waals surface area contributed by atoms with Crippen molar-refractivity contribution in [3.8, 4) is 11.3 Å². The number of furan rings is 1. The zero-order valence-corrected chi connectivity index (χ0v) is 6.95. The van der Waals surface area contributed by atoms with Gasteiger partial charge >= 0.3 is 0 Å². The summed E-state index contributed by atoms with van der Waals surface area (Å²) in [7, 11) is 0. The molecule has 0 atom stereocenters. The second kappa shape index (κ2) is 2.86. The number of aryl methyl sites for hydroxylation is 1. The van der Waals surface area contributed by atoms with Gasteiger partial charge in [-0.05, 0) is 18.6 Å². The molecule has 1 heterocycles. The Hall–Kier alpha value is -1.50. The second-order valence-corrected chi connectivity index (χ2v) is 2.85. The Kier molecular flexibility index (Phi) is 1.71. The average Bonchev–Trinajstić information content (AvgIpc) is 2.54. The minimum Gasteiger partial charge on any atom is -0.464 e. The molecular formula is C11H10O. The van der Waals surface area contributed by atoms with Crippen molar-refractivity contribution in [2.75, 3.05) is 0 Å². The van der Waals surface area contributed by atoms with E-state index in [0.717, 1.165) is 16.9 Å². The lowest BCUT2D eigenvalue weighted by molar-refractivity contribution is 0.580. The first-order chi connectivity index (χ1) is 5.86. The van der Waals surface area contributed by atoms with Gasteiger partial charge in [0.25, 0.3) is 0 Å². The Bertz CT molecular complexity index is 360. The maximum absolute atomic E-state index is 5.35. The topological polar surface area (TPSA) is 13.1 Å². The maximum Gasteiger partial charge on any atom is 0.134 e. The second-order valence-electron chi connectivity index (χ2n) is 2.85. The van der Waals surface area contributed by atoms with Crippen molar-refractivity contribution in [1.29, 1.82) is 0 Å². The zero-order valence-electron chi connectivity index (χ0n) is 6.95. The van der Waals surface area contributed by atoms with Crippen LogP contribution in [0.1, 0.15) is 5.56 Å². The number of benzene rings is 1. The molecule has 0 saturated heterocycles. The Morgan fingerprint density at radius 2 is 1.83 bits per heavy atom. The van der Waals surface area contributed by atoms with Crippen LogP contribution >= 0.6 is 0 Å². The first-order valence-electron chi connectivity index (χ1n) is 3.97. The standard InChI is InChI=1S/C11H10O/c1-9-7-11(12-8-9)10-5-3-2-4-6-10/h2-8H,1H3. The summed E-state index contributed by atoms with van der Waals surface area (Å²) in [6.07, 6.45) is 1.77. The number of hydrogen-bond donors (Lipinski definition) is 0. The quantitative estimate of drug-likeness (QED) is 0.620. The third kappa shape index (κ3) is 1.26. The van der Waals surface area contributed by atoms with Crippen LogP contribution in [-0.4, -0.2) is 0 Å². The van der Waals surface area contributed by atoms with E-state index in [1.165, 1.54) is 0 Å². The highest BCUT2D eigenvalue weighted by atomic mass is 16.3. The predicted octanol–water partition coefficient (Wildman–Crippen LogP) is 3.26. The van der Waals surface area contributed by atoms with E-state index in [9.17, 15) is 0 Å². The van der Waals surface area contributed by atoms with E-state index in [1.54, 1.807) is 6.26 Å². The van der Waals surface area contributed by atoms with Gasteiger partial charge in [-0.25, -0.2) is 0 Å². The van der Waals surface area contributed by atoms with Gasteiger partial charge in [-0.3, -0.25) is 0 Å². The molecule has 0 amide bonds. The molecule has 0 aliphatic carbocycles. The Morgan fingerprint density at radius 1 is 1.08 bits per heavy atom. The van der Waals surface area contributed by atoms with E-state index < -0.39 is 0 Å². The molecule has 2 rings (SSSR count). The van der Waals surface area contributed by atoms with E-state index >= 15 is 0 Å². The molecule has 0 N–H and O–H groups in total. The van der Waals surface area contributed by atoms with Crippen molar-refractivity contribution < 1.29 is 4.42 Å². The lowest BCUT2D eigenvalue weighted by Crippen LogP contribution is -1.69. The fourth-order valence-electron chi connectivity index (χ4n) is 1.19. The highest BCUT2D eigenvalue weighted by Crippen LogP contribution is 2.20. The van der Waals surface area contributed by atoms with Crippen molar-refractivity contribution in [1.82, 2.24) is 0 Å². The summed E-state index contributed by atoms with van der Waals surface area (Å²) in [6, 6.07) is 12.1. The van der Waals surface area contributed by atoms with Crippen LogP contribution in [0.4, 0.5) is 0 Å². The summed E-state index contributed by atoms with van der Waals surface area (Å²) >= 11 is 0. The van der Waals surface area contributed by atoms with E-state index in [0.29, 0.717) is 0 Å². The molecule has 1 aromatic carbocycles. The van der Waals surface area contributed by atoms with Gasteiger partial charge in [-0.15, -0.1) is 0 Å².